The summed E-state index contributed by atoms with van der Waals surface area (Å²) in [4.78, 5) is 23.2. The van der Waals surface area contributed by atoms with Gasteiger partial charge in [0.25, 0.3) is 0 Å². The van der Waals surface area contributed by atoms with Crippen LogP contribution >= 0.6 is 7.82 Å². The van der Waals surface area contributed by atoms with E-state index in [9.17, 15) is 19.4 Å². The molecule has 368 valence electrons. The summed E-state index contributed by atoms with van der Waals surface area (Å²) in [5, 5.41) is 13.8. The highest BCUT2D eigenvalue weighted by molar-refractivity contribution is 7.47. The van der Waals surface area contributed by atoms with Crippen LogP contribution in [0.5, 0.6) is 0 Å². The van der Waals surface area contributed by atoms with Crippen LogP contribution < -0.4 is 5.32 Å². The molecular weight excluding hydrogens is 804 g/mol. The van der Waals surface area contributed by atoms with E-state index in [-0.39, 0.29) is 19.1 Å². The van der Waals surface area contributed by atoms with Crippen molar-refractivity contribution in [2.24, 2.45) is 0 Å². The number of nitrogens with one attached hydrogen (secondary N) is 1. The van der Waals surface area contributed by atoms with Crippen LogP contribution in [0, 0.1) is 0 Å². The van der Waals surface area contributed by atoms with Crippen molar-refractivity contribution >= 4 is 13.7 Å². The lowest BCUT2D eigenvalue weighted by Gasteiger charge is -2.25. The standard InChI is InChI=1S/C54H101N2O6P/c1-6-8-10-12-14-16-18-20-22-23-24-25-26-27-28-29-30-31-32-33-34-36-38-40-42-44-46-48-54(58)55-52(51-62-63(59,60)61-50-49-56(3,4)5)53(57)47-45-43-41-39-37-35-21-19-17-15-13-11-9-7-2/h18,20,23-24,26-27,37,39,45,47,52-53,57H,6-17,19,21-22,25,28-36,38,40-44,46,48-51H2,1-5H3,(H-,55,58,59,60)/p+1/b20-18-,24-23-,27-26-,39-37+,47-45+. The van der Waals surface area contributed by atoms with Crippen molar-refractivity contribution in [2.45, 2.75) is 238 Å². The van der Waals surface area contributed by atoms with Gasteiger partial charge >= 0.3 is 7.82 Å². The Morgan fingerprint density at radius 3 is 1.38 bits per heavy atom. The monoisotopic (exact) mass is 906 g/mol. The lowest BCUT2D eigenvalue weighted by molar-refractivity contribution is -0.870. The fraction of sp³-hybridized carbons (Fsp3) is 0.796. The number of phosphoric acid groups is 1. The molecule has 0 radical (unpaired) electrons. The highest BCUT2D eigenvalue weighted by Crippen LogP contribution is 2.43. The molecule has 0 saturated heterocycles. The number of rotatable bonds is 47. The van der Waals surface area contributed by atoms with Crippen LogP contribution in [0.25, 0.3) is 0 Å². The number of phosphoric ester groups is 1. The van der Waals surface area contributed by atoms with E-state index in [4.69, 9.17) is 9.05 Å². The molecule has 3 unspecified atom stereocenters. The lowest BCUT2D eigenvalue weighted by Crippen LogP contribution is -2.45. The molecule has 0 aromatic carbocycles. The van der Waals surface area contributed by atoms with E-state index in [0.29, 0.717) is 17.4 Å². The summed E-state index contributed by atoms with van der Waals surface area (Å²) in [5.41, 5.74) is 0. The van der Waals surface area contributed by atoms with Gasteiger partial charge in [0.15, 0.2) is 0 Å². The van der Waals surface area contributed by atoms with Crippen molar-refractivity contribution in [3.8, 4) is 0 Å². The lowest BCUT2D eigenvalue weighted by atomic mass is 10.0. The number of aliphatic hydroxyl groups is 1. The Morgan fingerprint density at radius 1 is 0.540 bits per heavy atom. The summed E-state index contributed by atoms with van der Waals surface area (Å²) in [6.45, 7) is 4.77. The first-order chi connectivity index (χ1) is 30.5. The Morgan fingerprint density at radius 2 is 0.921 bits per heavy atom. The molecule has 63 heavy (non-hydrogen) atoms. The number of carbonyl (C=O) groups is 1. The van der Waals surface area contributed by atoms with Crippen molar-refractivity contribution < 1.29 is 32.9 Å². The summed E-state index contributed by atoms with van der Waals surface area (Å²) in [7, 11) is 1.55. The van der Waals surface area contributed by atoms with Gasteiger partial charge in [0, 0.05) is 6.42 Å². The molecule has 3 N–H and O–H groups in total. The molecule has 0 spiro atoms. The third-order valence-electron chi connectivity index (χ3n) is 11.5. The quantitative estimate of drug-likeness (QED) is 0.0243. The molecule has 0 rings (SSSR count). The largest absolute Gasteiger partial charge is 0.472 e. The number of nitrogens with zero attached hydrogens (tertiary/aromatic N) is 1. The molecule has 0 fully saturated rings. The molecule has 0 bridgehead atoms. The first-order valence-corrected chi connectivity index (χ1v) is 27.7. The number of carbonyl (C=O) groups excluding carboxylic acids is 1. The van der Waals surface area contributed by atoms with Crippen molar-refractivity contribution in [2.75, 3.05) is 40.9 Å². The molecule has 0 aromatic heterocycles. The SMILES string of the molecule is CCCCCCC/C=C\C/C=C\C/C=C\CCCCCCCCCCCCCCC(=O)NC(COP(=O)(O)OCC[N+](C)(C)C)C(O)/C=C/CC/C=C/CCCCCCCCCC. The second-order valence-electron chi connectivity index (χ2n) is 18.9. The van der Waals surface area contributed by atoms with Gasteiger partial charge in [-0.25, -0.2) is 4.57 Å². The second kappa shape index (κ2) is 45.4. The average molecular weight is 906 g/mol. The number of hydrogen-bond acceptors (Lipinski definition) is 5. The minimum absolute atomic E-state index is 0.0541. The zero-order valence-corrected chi connectivity index (χ0v) is 42.7. The molecule has 0 aromatic rings. The van der Waals surface area contributed by atoms with Gasteiger partial charge in [-0.3, -0.25) is 13.8 Å². The van der Waals surface area contributed by atoms with Crippen molar-refractivity contribution in [1.82, 2.24) is 5.32 Å². The van der Waals surface area contributed by atoms with Crippen molar-refractivity contribution in [3.05, 3.63) is 60.8 Å². The smallest absolute Gasteiger partial charge is 0.387 e. The Balaban J connectivity index is 4.23. The van der Waals surface area contributed by atoms with E-state index in [0.717, 1.165) is 51.4 Å². The van der Waals surface area contributed by atoms with Crippen LogP contribution in [0.1, 0.15) is 226 Å². The fourth-order valence-electron chi connectivity index (χ4n) is 7.30. The molecule has 0 aliphatic carbocycles. The van der Waals surface area contributed by atoms with Gasteiger partial charge in [0.2, 0.25) is 5.91 Å². The predicted molar refractivity (Wildman–Crippen MR) is 272 cm³/mol. The van der Waals surface area contributed by atoms with Crippen LogP contribution in [0.3, 0.4) is 0 Å². The summed E-state index contributed by atoms with van der Waals surface area (Å²) in [5.74, 6) is -0.190. The Labute approximate surface area is 390 Å². The van der Waals surface area contributed by atoms with Gasteiger partial charge in [-0.15, -0.1) is 0 Å². The number of hydrogen-bond donors (Lipinski definition) is 3. The first-order valence-electron chi connectivity index (χ1n) is 26.2. The van der Waals surface area contributed by atoms with Crippen molar-refractivity contribution in [1.29, 1.82) is 0 Å². The Kier molecular flexibility index (Phi) is 44.1. The highest BCUT2D eigenvalue weighted by Gasteiger charge is 2.27. The van der Waals surface area contributed by atoms with Gasteiger partial charge in [0.1, 0.15) is 13.2 Å². The summed E-state index contributed by atoms with van der Waals surface area (Å²) in [6.07, 6.45) is 60.2. The minimum atomic E-state index is -4.35. The molecule has 1 amide bonds. The van der Waals surface area contributed by atoms with Crippen LogP contribution in [0.15, 0.2) is 60.8 Å². The fourth-order valence-corrected chi connectivity index (χ4v) is 8.04. The molecule has 9 heteroatoms. The molecule has 8 nitrogen and oxygen atoms in total. The second-order valence-corrected chi connectivity index (χ2v) is 20.3. The molecule has 0 aliphatic rings. The molecular formula is C54H102N2O6P+. The van der Waals surface area contributed by atoms with E-state index in [1.807, 2.05) is 27.2 Å². The predicted octanol–water partition coefficient (Wildman–Crippen LogP) is 15.4. The number of unbranched alkanes of at least 4 members (excludes halogenated alkanes) is 26. The van der Waals surface area contributed by atoms with Gasteiger partial charge in [-0.05, 0) is 70.6 Å². The van der Waals surface area contributed by atoms with Crippen molar-refractivity contribution in [3.63, 3.8) is 0 Å². The maximum atomic E-state index is 12.9. The summed E-state index contributed by atoms with van der Waals surface area (Å²) >= 11 is 0. The normalized spacial score (nSPS) is 14.6. The van der Waals surface area contributed by atoms with E-state index in [2.05, 4.69) is 67.8 Å². The van der Waals surface area contributed by atoms with E-state index in [1.54, 1.807) is 6.08 Å². The van der Waals surface area contributed by atoms with Gasteiger partial charge in [-0.1, -0.05) is 209 Å². The average Bonchev–Trinajstić information content (AvgIpc) is 3.24. The van der Waals surface area contributed by atoms with E-state index >= 15 is 0 Å². The molecule has 0 saturated carbocycles. The van der Waals surface area contributed by atoms with Crippen LogP contribution in [0.4, 0.5) is 0 Å². The number of aliphatic hydroxyl groups excluding tert-OH is 1. The minimum Gasteiger partial charge on any atom is -0.387 e. The van der Waals surface area contributed by atoms with E-state index in [1.165, 1.54) is 154 Å². The third-order valence-corrected chi connectivity index (χ3v) is 12.4. The topological polar surface area (TPSA) is 105 Å². The summed E-state index contributed by atoms with van der Waals surface area (Å²) < 4.78 is 23.6. The summed E-state index contributed by atoms with van der Waals surface area (Å²) in [6, 6.07) is -0.865. The number of quaternary nitrogens is 1. The Bertz CT molecular complexity index is 1210. The van der Waals surface area contributed by atoms with E-state index < -0.39 is 20.0 Å². The first kappa shape index (κ1) is 61.2. The van der Waals surface area contributed by atoms with Crippen LogP contribution in [-0.4, -0.2) is 73.4 Å². The van der Waals surface area contributed by atoms with Gasteiger partial charge in [0.05, 0.1) is 39.9 Å². The van der Waals surface area contributed by atoms with Gasteiger partial charge < -0.3 is 19.8 Å². The number of allylic oxidation sites excluding steroid dienone is 9. The third kappa shape index (κ3) is 48.0. The maximum absolute atomic E-state index is 12.9. The van der Waals surface area contributed by atoms with Gasteiger partial charge in [-0.2, -0.15) is 0 Å². The van der Waals surface area contributed by atoms with Crippen LogP contribution in [-0.2, 0) is 18.4 Å². The highest BCUT2D eigenvalue weighted by atomic mass is 31.2. The molecule has 0 aliphatic heterocycles. The maximum Gasteiger partial charge on any atom is 0.472 e. The zero-order chi connectivity index (χ0) is 46.4. The number of amides is 1. The molecule has 0 heterocycles. The van der Waals surface area contributed by atoms with Crippen LogP contribution in [0.2, 0.25) is 0 Å². The molecule has 3 atom stereocenters. The number of likely N-dealkylation sites (N-methyl/N-ethyl adjacent to an activating group) is 1. The zero-order valence-electron chi connectivity index (χ0n) is 41.8. The Hall–Kier alpha value is -1.80.